The number of hydrogen-bond donors (Lipinski definition) is 10. The van der Waals surface area contributed by atoms with Crippen LogP contribution in [0.4, 0.5) is 56.9 Å². The summed E-state index contributed by atoms with van der Waals surface area (Å²) < 4.78 is 29.5. The van der Waals surface area contributed by atoms with Crippen molar-refractivity contribution >= 4 is 67.6 Å². The maximum Gasteiger partial charge on any atom is 0.120 e. The van der Waals surface area contributed by atoms with Gasteiger partial charge in [-0.15, -0.1) is 0 Å². The summed E-state index contributed by atoms with van der Waals surface area (Å²) in [6.45, 7) is 13.5. The molecule has 146 heavy (non-hydrogen) atoms. The van der Waals surface area contributed by atoms with Gasteiger partial charge in [-0.2, -0.15) is 0 Å². The molecular formula is C131H190N10O5. The fourth-order valence-corrected chi connectivity index (χ4v) is 20.9. The van der Waals surface area contributed by atoms with Crippen molar-refractivity contribution in [1.82, 2.24) is 0 Å². The first-order valence-electron chi connectivity index (χ1n) is 50.6. The maximum absolute atomic E-state index is 6.02. The van der Waals surface area contributed by atoms with E-state index in [0.717, 1.165) is 111 Å². The zero-order valence-corrected chi connectivity index (χ0v) is 81.3. The molecule has 5 saturated carbocycles. The predicted molar refractivity (Wildman–Crippen MR) is 640 cm³/mol. The molecule has 0 aliphatic heterocycles. The molecule has 5 fully saturated rings. The van der Waals surface area contributed by atoms with E-state index in [1.165, 1.54) is 209 Å². The lowest BCUT2D eigenvalue weighted by Crippen LogP contribution is -2.25. The number of rotatable bonds is 27. The van der Waals surface area contributed by atoms with Crippen molar-refractivity contribution in [3.8, 4) is 39.9 Å². The topological polar surface area (TPSA) is 306 Å². The van der Waals surface area contributed by atoms with Gasteiger partial charge in [0, 0.05) is 84.7 Å². The Bertz CT molecular complexity index is 5850. The second-order valence-electron chi connectivity index (χ2n) is 39.0. The minimum Gasteiger partial charge on any atom is -0.489 e. The SMILES string of the molecule is C.C.C.C.C.C.C.C.C.C.CCC1CCC(C2CCC(c3ccc(OCc4cc(N)ccc4N)cc3)CC2)CC1.CCC1CCC(c2ccc(-c3ccc(OCc4cc(N)ccc4N)cc3)cc2)CC1.CCC1CCC(c2ccc(OCc3cc(N)ccc3N)cc2)CC1.CCc1ccc(C2CCC(c3ccc(OCc4cc(N)ccc4N)cc3)CC2)cc1.CCc1ccc2cc(OCc3cc(N)ccc3N)ccc2c1. The van der Waals surface area contributed by atoms with Gasteiger partial charge in [0.25, 0.3) is 0 Å². The number of aryl methyl sites for hydroxylation is 2. The van der Waals surface area contributed by atoms with Gasteiger partial charge in [0.1, 0.15) is 61.8 Å². The van der Waals surface area contributed by atoms with Crippen molar-refractivity contribution < 1.29 is 23.7 Å². The Morgan fingerprint density at radius 3 is 0.685 bits per heavy atom. The first-order valence-corrected chi connectivity index (χ1v) is 50.6. The van der Waals surface area contributed by atoms with Crippen LogP contribution < -0.4 is 81.0 Å². The molecule has 15 nitrogen and oxygen atoms in total. The van der Waals surface area contributed by atoms with Gasteiger partial charge >= 0.3 is 0 Å². The van der Waals surface area contributed by atoms with Crippen molar-refractivity contribution in [2.75, 3.05) is 57.3 Å². The molecule has 5 aliphatic rings. The maximum atomic E-state index is 6.02. The van der Waals surface area contributed by atoms with Crippen LogP contribution in [0.1, 0.15) is 353 Å². The minimum atomic E-state index is 0. The smallest absolute Gasteiger partial charge is 0.120 e. The lowest BCUT2D eigenvalue weighted by Gasteiger charge is -2.38. The number of nitrogens with two attached hydrogens (primary N) is 10. The van der Waals surface area contributed by atoms with E-state index in [2.05, 4.69) is 198 Å². The van der Waals surface area contributed by atoms with Crippen molar-refractivity contribution in [1.29, 1.82) is 0 Å². The number of nitrogen functional groups attached to an aromatic ring is 10. The van der Waals surface area contributed by atoms with E-state index >= 15 is 0 Å². The molecule has 20 N–H and O–H groups in total. The lowest BCUT2D eigenvalue weighted by atomic mass is 9.68. The Hall–Kier alpha value is -12.9. The molecule has 794 valence electrons. The van der Waals surface area contributed by atoms with Crippen LogP contribution in [-0.4, -0.2) is 0 Å². The summed E-state index contributed by atoms with van der Waals surface area (Å²) in [7, 11) is 0. The highest BCUT2D eigenvalue weighted by molar-refractivity contribution is 5.84. The first-order chi connectivity index (χ1) is 66.2. The molecule has 5 aliphatic carbocycles. The van der Waals surface area contributed by atoms with E-state index in [0.29, 0.717) is 108 Å². The summed E-state index contributed by atoms with van der Waals surface area (Å²) in [5.74, 6) is 12.7. The van der Waals surface area contributed by atoms with Gasteiger partial charge in [-0.25, -0.2) is 0 Å². The van der Waals surface area contributed by atoms with Crippen LogP contribution in [-0.2, 0) is 45.9 Å². The molecule has 0 heterocycles. The summed E-state index contributed by atoms with van der Waals surface area (Å²) in [6.07, 6.45) is 33.5. The highest BCUT2D eigenvalue weighted by Crippen LogP contribution is 2.47. The Balaban J connectivity index is 0.000000376. The first kappa shape index (κ1) is 125. The van der Waals surface area contributed by atoms with Crippen LogP contribution >= 0.6 is 0 Å². The molecule has 18 rings (SSSR count). The molecule has 13 aromatic rings. The van der Waals surface area contributed by atoms with Gasteiger partial charge in [0.15, 0.2) is 0 Å². The van der Waals surface area contributed by atoms with E-state index in [-0.39, 0.29) is 74.3 Å². The van der Waals surface area contributed by atoms with Gasteiger partial charge < -0.3 is 81.0 Å². The lowest BCUT2D eigenvalue weighted by molar-refractivity contribution is 0.158. The fraction of sp³-hybridized carbons (Fsp3) is 0.420. The quantitative estimate of drug-likeness (QED) is 0.0214. The van der Waals surface area contributed by atoms with Crippen molar-refractivity contribution in [3.05, 3.63) is 340 Å². The summed E-state index contributed by atoms with van der Waals surface area (Å²) in [6, 6.07) is 92.7. The number of benzene rings is 13. The molecule has 0 bridgehead atoms. The van der Waals surface area contributed by atoms with Gasteiger partial charge in [0.2, 0.25) is 0 Å². The normalized spacial score (nSPS) is 18.3. The molecule has 0 amide bonds. The molecule has 0 unspecified atom stereocenters. The van der Waals surface area contributed by atoms with Crippen LogP contribution in [0.2, 0.25) is 0 Å². The zero-order valence-electron chi connectivity index (χ0n) is 81.3. The summed E-state index contributed by atoms with van der Waals surface area (Å²) in [4.78, 5) is 0. The fourth-order valence-electron chi connectivity index (χ4n) is 20.9. The summed E-state index contributed by atoms with van der Waals surface area (Å²) in [5, 5.41) is 2.41. The molecule has 0 spiro atoms. The number of ether oxygens (including phenoxy) is 5. The Kier molecular flexibility index (Phi) is 54.0. The largest absolute Gasteiger partial charge is 0.489 e. The van der Waals surface area contributed by atoms with Gasteiger partial charge in [-0.1, -0.05) is 262 Å². The summed E-state index contributed by atoms with van der Waals surface area (Å²) >= 11 is 0. The number of fused-ring (bicyclic) bond motifs is 1. The highest BCUT2D eigenvalue weighted by atomic mass is 16.5. The Morgan fingerprint density at radius 1 is 0.199 bits per heavy atom. The Morgan fingerprint density at radius 2 is 0.404 bits per heavy atom. The molecular weight excluding hydrogens is 1790 g/mol. The molecule has 0 atom stereocenters. The minimum absolute atomic E-state index is 0. The second kappa shape index (κ2) is 62.8. The van der Waals surface area contributed by atoms with Crippen LogP contribution in [0, 0.1) is 29.6 Å². The molecule has 13 aromatic carbocycles. The predicted octanol–water partition coefficient (Wildman–Crippen LogP) is 35.8. The molecule has 0 saturated heterocycles. The third-order valence-corrected chi connectivity index (χ3v) is 30.1. The number of hydrogen-bond acceptors (Lipinski definition) is 15. The van der Waals surface area contributed by atoms with Crippen LogP contribution in [0.15, 0.2) is 273 Å². The Labute approximate surface area is 884 Å². The zero-order chi connectivity index (χ0) is 95.2. The van der Waals surface area contributed by atoms with Gasteiger partial charge in [0.05, 0.1) is 0 Å². The van der Waals surface area contributed by atoms with E-state index < -0.39 is 0 Å². The van der Waals surface area contributed by atoms with Crippen molar-refractivity contribution in [2.24, 2.45) is 29.6 Å². The van der Waals surface area contributed by atoms with Crippen LogP contribution in [0.5, 0.6) is 28.7 Å². The van der Waals surface area contributed by atoms with E-state index in [1.54, 1.807) is 24.3 Å². The van der Waals surface area contributed by atoms with E-state index in [9.17, 15) is 0 Å². The third kappa shape index (κ3) is 36.4. The second-order valence-corrected chi connectivity index (χ2v) is 39.0. The van der Waals surface area contributed by atoms with Gasteiger partial charge in [-0.3, -0.25) is 0 Å². The van der Waals surface area contributed by atoms with E-state index in [1.807, 2.05) is 84.9 Å². The van der Waals surface area contributed by atoms with Gasteiger partial charge in [-0.05, 0) is 400 Å². The molecule has 15 heteroatoms. The van der Waals surface area contributed by atoms with Crippen LogP contribution in [0.25, 0.3) is 21.9 Å². The number of anilines is 10. The average Bonchev–Trinajstić information content (AvgIpc) is 0.825. The summed E-state index contributed by atoms with van der Waals surface area (Å²) in [5.41, 5.74) is 83.3. The molecule has 0 radical (unpaired) electrons. The van der Waals surface area contributed by atoms with Crippen molar-refractivity contribution in [2.45, 2.75) is 332 Å². The average molecular weight is 1990 g/mol. The monoisotopic (exact) mass is 1980 g/mol. The van der Waals surface area contributed by atoms with Crippen molar-refractivity contribution in [3.63, 3.8) is 0 Å². The van der Waals surface area contributed by atoms with E-state index in [4.69, 9.17) is 81.0 Å². The van der Waals surface area contributed by atoms with Crippen LogP contribution in [0.3, 0.4) is 0 Å². The molecule has 0 aromatic heterocycles. The highest BCUT2D eigenvalue weighted by Gasteiger charge is 2.32. The third-order valence-electron chi connectivity index (χ3n) is 30.1. The standard InChI is InChI=1S/C27H38N2O.2C27H32N2O.C21H28N2O.C19H20N2O.10CH4/c3*1-2-19-3-5-20(6-4-19)21-7-9-22(10-8-21)23-11-14-26(15-12-23)30-18-24-17-25(28)13-16-27(24)29;1-2-15-3-5-16(6-4-15)17-7-10-20(11-8-17)24-14-18-13-19(22)9-12-21(18)23;1-2-13-3-4-15-11-18(7-5-14(15)9-13)22-12-16-10-17(20)6-8-19(16)21;;;;;;;;;;/h11-17,19-22H,2-10,18,28-29H2,1H3;7-17,19-20H,2-6,18,28-29H2,1H3;3-6,11-17,21-22H,2,7-10,18,28-29H2,1H3;7-13,15-16H,2-6,14,22-23H2,1H3;3-11H,2,12,20-21H2,1H3;10*1H4.